The van der Waals surface area contributed by atoms with E-state index in [9.17, 15) is 18.8 Å². The van der Waals surface area contributed by atoms with E-state index >= 15 is 0 Å². The molecule has 158 valence electrons. The van der Waals surface area contributed by atoms with Crippen LogP contribution in [0.5, 0.6) is 0 Å². The van der Waals surface area contributed by atoms with Gasteiger partial charge in [-0.1, -0.05) is 30.3 Å². The topological polar surface area (TPSA) is 75.7 Å². The third-order valence-corrected chi connectivity index (χ3v) is 5.19. The molecule has 1 aliphatic rings. The van der Waals surface area contributed by atoms with E-state index in [0.717, 1.165) is 31.4 Å². The smallest absolute Gasteiger partial charge is 0.325 e. The summed E-state index contributed by atoms with van der Waals surface area (Å²) in [6, 6.07) is 15.3. The molecule has 2 amide bonds. The molecule has 0 bridgehead atoms. The minimum absolute atomic E-state index is 0.230. The van der Waals surface area contributed by atoms with Crippen LogP contribution in [0.15, 0.2) is 54.6 Å². The third kappa shape index (κ3) is 6.40. The second-order valence-corrected chi connectivity index (χ2v) is 7.36. The molecule has 2 aromatic carbocycles. The molecule has 1 N–H and O–H groups in total. The predicted molar refractivity (Wildman–Crippen MR) is 109 cm³/mol. The number of amides is 2. The maximum atomic E-state index is 12.9. The van der Waals surface area contributed by atoms with Crippen LogP contribution in [0.3, 0.4) is 0 Å². The van der Waals surface area contributed by atoms with Crippen LogP contribution in [0.25, 0.3) is 0 Å². The summed E-state index contributed by atoms with van der Waals surface area (Å²) < 4.78 is 17.9. The number of halogens is 1. The predicted octanol–water partition coefficient (Wildman–Crippen LogP) is 2.58. The van der Waals surface area contributed by atoms with Crippen molar-refractivity contribution in [1.29, 1.82) is 0 Å². The second kappa shape index (κ2) is 10.5. The minimum Gasteiger partial charge on any atom is -0.454 e. The molecular weight excluding hydrogens is 387 g/mol. The van der Waals surface area contributed by atoms with Crippen molar-refractivity contribution in [1.82, 2.24) is 10.2 Å². The number of likely N-dealkylation sites (tertiary alicyclic amines) is 1. The monoisotopic (exact) mass is 412 g/mol. The van der Waals surface area contributed by atoms with Gasteiger partial charge in [0.15, 0.2) is 6.61 Å². The molecule has 7 heteroatoms. The lowest BCUT2D eigenvalue weighted by Crippen LogP contribution is -2.41. The van der Waals surface area contributed by atoms with Gasteiger partial charge in [0.2, 0.25) is 0 Å². The SMILES string of the molecule is O=C(CNC(=O)c1ccc(F)cc1)OCC(=O)N1CCC(Cc2ccccc2)CC1. The average molecular weight is 412 g/mol. The number of rotatable bonds is 7. The van der Waals surface area contributed by atoms with Crippen molar-refractivity contribution in [3.05, 3.63) is 71.5 Å². The Balaban J connectivity index is 1.33. The van der Waals surface area contributed by atoms with Crippen LogP contribution in [-0.4, -0.2) is 48.9 Å². The largest absolute Gasteiger partial charge is 0.454 e. The molecule has 0 atom stereocenters. The quantitative estimate of drug-likeness (QED) is 0.710. The van der Waals surface area contributed by atoms with Crippen LogP contribution in [-0.2, 0) is 20.7 Å². The van der Waals surface area contributed by atoms with Crippen molar-refractivity contribution < 1.29 is 23.5 Å². The fourth-order valence-electron chi connectivity index (χ4n) is 3.47. The van der Waals surface area contributed by atoms with Gasteiger partial charge >= 0.3 is 5.97 Å². The zero-order valence-corrected chi connectivity index (χ0v) is 16.7. The molecule has 0 aromatic heterocycles. The Labute approximate surface area is 175 Å². The molecule has 0 unspecified atom stereocenters. The summed E-state index contributed by atoms with van der Waals surface area (Å²) in [4.78, 5) is 37.7. The van der Waals surface area contributed by atoms with E-state index in [-0.39, 0.29) is 24.6 Å². The number of esters is 1. The van der Waals surface area contributed by atoms with Gasteiger partial charge in [-0.3, -0.25) is 14.4 Å². The van der Waals surface area contributed by atoms with Gasteiger partial charge in [0, 0.05) is 18.7 Å². The van der Waals surface area contributed by atoms with Gasteiger partial charge in [-0.05, 0) is 55.0 Å². The van der Waals surface area contributed by atoms with Gasteiger partial charge < -0.3 is 15.0 Å². The van der Waals surface area contributed by atoms with Crippen molar-refractivity contribution in [2.75, 3.05) is 26.2 Å². The number of nitrogens with zero attached hydrogens (tertiary/aromatic N) is 1. The lowest BCUT2D eigenvalue weighted by molar-refractivity contribution is -0.151. The van der Waals surface area contributed by atoms with Crippen LogP contribution < -0.4 is 5.32 Å². The van der Waals surface area contributed by atoms with Gasteiger partial charge in [0.1, 0.15) is 12.4 Å². The Morgan fingerprint density at radius 2 is 1.67 bits per heavy atom. The molecule has 1 saturated heterocycles. The second-order valence-electron chi connectivity index (χ2n) is 7.36. The van der Waals surface area contributed by atoms with Crippen LogP contribution in [0.1, 0.15) is 28.8 Å². The first kappa shape index (κ1) is 21.5. The highest BCUT2D eigenvalue weighted by Crippen LogP contribution is 2.21. The average Bonchev–Trinajstić information content (AvgIpc) is 2.77. The number of piperidine rings is 1. The van der Waals surface area contributed by atoms with Gasteiger partial charge in [-0.15, -0.1) is 0 Å². The van der Waals surface area contributed by atoms with Crippen molar-refractivity contribution in [2.45, 2.75) is 19.3 Å². The first-order valence-corrected chi connectivity index (χ1v) is 10.0. The van der Waals surface area contributed by atoms with Gasteiger partial charge in [0.25, 0.3) is 11.8 Å². The Bertz CT molecular complexity index is 863. The van der Waals surface area contributed by atoms with Gasteiger partial charge in [-0.2, -0.15) is 0 Å². The molecule has 3 rings (SSSR count). The van der Waals surface area contributed by atoms with E-state index in [1.165, 1.54) is 17.7 Å². The number of hydrogen-bond donors (Lipinski definition) is 1. The van der Waals surface area contributed by atoms with Crippen LogP contribution in [0.2, 0.25) is 0 Å². The number of hydrogen-bond acceptors (Lipinski definition) is 4. The molecule has 6 nitrogen and oxygen atoms in total. The Morgan fingerprint density at radius 3 is 2.33 bits per heavy atom. The zero-order valence-electron chi connectivity index (χ0n) is 16.7. The van der Waals surface area contributed by atoms with Crippen molar-refractivity contribution in [2.24, 2.45) is 5.92 Å². The molecule has 0 saturated carbocycles. The van der Waals surface area contributed by atoms with Crippen molar-refractivity contribution in [3.8, 4) is 0 Å². The normalized spacial score (nSPS) is 14.2. The molecule has 1 heterocycles. The first-order valence-electron chi connectivity index (χ1n) is 10.0. The molecule has 0 radical (unpaired) electrons. The summed E-state index contributed by atoms with van der Waals surface area (Å²) in [7, 11) is 0. The highest BCUT2D eigenvalue weighted by molar-refractivity contribution is 5.96. The fraction of sp³-hybridized carbons (Fsp3) is 0.348. The molecule has 30 heavy (non-hydrogen) atoms. The molecule has 1 aliphatic heterocycles. The van der Waals surface area contributed by atoms with E-state index in [1.54, 1.807) is 4.90 Å². The molecular formula is C23H25FN2O4. The Hall–Kier alpha value is -3.22. The lowest BCUT2D eigenvalue weighted by Gasteiger charge is -2.32. The van der Waals surface area contributed by atoms with Gasteiger partial charge in [-0.25, -0.2) is 4.39 Å². The molecule has 0 spiro atoms. The van der Waals surface area contributed by atoms with Crippen molar-refractivity contribution >= 4 is 17.8 Å². The fourth-order valence-corrected chi connectivity index (χ4v) is 3.47. The van der Waals surface area contributed by atoms with E-state index < -0.39 is 17.7 Å². The summed E-state index contributed by atoms with van der Waals surface area (Å²) in [6.07, 6.45) is 2.84. The Morgan fingerprint density at radius 1 is 1.00 bits per heavy atom. The minimum atomic E-state index is -0.697. The highest BCUT2D eigenvalue weighted by atomic mass is 19.1. The molecule has 0 aliphatic carbocycles. The van der Waals surface area contributed by atoms with E-state index in [4.69, 9.17) is 4.74 Å². The summed E-state index contributed by atoms with van der Waals surface area (Å²) in [6.45, 7) is 0.599. The zero-order chi connectivity index (χ0) is 21.3. The maximum absolute atomic E-state index is 12.9. The van der Waals surface area contributed by atoms with Crippen LogP contribution >= 0.6 is 0 Å². The van der Waals surface area contributed by atoms with Crippen molar-refractivity contribution in [3.63, 3.8) is 0 Å². The maximum Gasteiger partial charge on any atom is 0.325 e. The summed E-state index contributed by atoms with van der Waals surface area (Å²) >= 11 is 0. The van der Waals surface area contributed by atoms with E-state index in [2.05, 4.69) is 17.4 Å². The number of benzene rings is 2. The number of carbonyl (C=O) groups excluding carboxylic acids is 3. The third-order valence-electron chi connectivity index (χ3n) is 5.19. The number of nitrogens with one attached hydrogen (secondary N) is 1. The molecule has 1 fully saturated rings. The van der Waals surface area contributed by atoms with Gasteiger partial charge in [0.05, 0.1) is 0 Å². The van der Waals surface area contributed by atoms with Crippen LogP contribution in [0.4, 0.5) is 4.39 Å². The van der Waals surface area contributed by atoms with E-state index in [1.807, 2.05) is 18.2 Å². The highest BCUT2D eigenvalue weighted by Gasteiger charge is 2.23. The Kier molecular flexibility index (Phi) is 7.54. The molecule has 2 aromatic rings. The number of ether oxygens (including phenoxy) is 1. The summed E-state index contributed by atoms with van der Waals surface area (Å²) in [5.41, 5.74) is 1.54. The summed E-state index contributed by atoms with van der Waals surface area (Å²) in [5, 5.41) is 2.39. The summed E-state index contributed by atoms with van der Waals surface area (Å²) in [5.74, 6) is -1.35. The number of carbonyl (C=O) groups is 3. The first-order chi connectivity index (χ1) is 14.5. The van der Waals surface area contributed by atoms with Crippen LogP contribution in [0, 0.1) is 11.7 Å². The lowest BCUT2D eigenvalue weighted by atomic mass is 9.90. The van der Waals surface area contributed by atoms with E-state index in [0.29, 0.717) is 19.0 Å². The standard InChI is InChI=1S/C23H25FN2O4/c24-20-8-6-19(7-9-20)23(29)25-15-22(28)30-16-21(27)26-12-10-18(11-13-26)14-17-4-2-1-3-5-17/h1-9,18H,10-16H2,(H,25,29).